The van der Waals surface area contributed by atoms with E-state index in [1.807, 2.05) is 30.3 Å². The molecule has 0 fully saturated rings. The summed E-state index contributed by atoms with van der Waals surface area (Å²) in [7, 11) is 0. The lowest BCUT2D eigenvalue weighted by Crippen LogP contribution is -2.35. The summed E-state index contributed by atoms with van der Waals surface area (Å²) in [6.45, 7) is 0.494. The van der Waals surface area contributed by atoms with E-state index in [4.69, 9.17) is 35.4 Å². The molecular weight excluding hydrogens is 453 g/mol. The van der Waals surface area contributed by atoms with Crippen LogP contribution in [0.3, 0.4) is 0 Å². The minimum atomic E-state index is -0.466. The van der Waals surface area contributed by atoms with Crippen LogP contribution in [-0.4, -0.2) is 23.5 Å². The number of rotatable bonds is 6. The maximum atomic E-state index is 12.6. The molecule has 0 saturated carbocycles. The zero-order valence-corrected chi connectivity index (χ0v) is 18.7. The van der Waals surface area contributed by atoms with E-state index in [9.17, 15) is 9.59 Å². The molecule has 0 bridgehead atoms. The van der Waals surface area contributed by atoms with Crippen LogP contribution in [0.2, 0.25) is 10.0 Å². The fraction of sp³-hybridized carbons (Fsp3) is 0.0870. The van der Waals surface area contributed by atoms with Crippen molar-refractivity contribution in [2.24, 2.45) is 0 Å². The number of halogens is 2. The first kappa shape index (κ1) is 22.7. The number of carbonyl (C=O) groups excluding carboxylic acids is 2. The van der Waals surface area contributed by atoms with E-state index >= 15 is 0 Å². The average Bonchev–Trinajstić information content (AvgIpc) is 2.74. The summed E-state index contributed by atoms with van der Waals surface area (Å²) in [5.41, 5.74) is 2.31. The summed E-state index contributed by atoms with van der Waals surface area (Å²) >= 11 is 17.1. The highest BCUT2D eigenvalue weighted by Crippen LogP contribution is 2.19. The van der Waals surface area contributed by atoms with Crippen molar-refractivity contribution in [3.63, 3.8) is 0 Å². The van der Waals surface area contributed by atoms with Crippen molar-refractivity contribution in [3.8, 4) is 0 Å². The number of amides is 2. The van der Waals surface area contributed by atoms with Gasteiger partial charge in [-0.2, -0.15) is 0 Å². The molecule has 0 atom stereocenters. The number of para-hydroxylation sites is 1. The Balaban J connectivity index is 1.60. The zero-order valence-electron chi connectivity index (χ0n) is 16.3. The Morgan fingerprint density at radius 2 is 1.48 bits per heavy atom. The lowest BCUT2D eigenvalue weighted by Gasteiger charge is -2.14. The largest absolute Gasteiger partial charge is 0.352 e. The number of hydrogen-bond donors (Lipinski definition) is 3. The number of benzene rings is 3. The van der Waals surface area contributed by atoms with E-state index in [1.165, 1.54) is 18.2 Å². The lowest BCUT2D eigenvalue weighted by atomic mass is 10.1. The van der Waals surface area contributed by atoms with Gasteiger partial charge in [-0.1, -0.05) is 65.7 Å². The zero-order chi connectivity index (χ0) is 22.2. The minimum Gasteiger partial charge on any atom is -0.352 e. The molecule has 0 unspecified atom stereocenters. The molecule has 0 saturated heterocycles. The van der Waals surface area contributed by atoms with E-state index in [1.54, 1.807) is 24.3 Å². The fourth-order valence-corrected chi connectivity index (χ4v) is 3.59. The quantitative estimate of drug-likeness (QED) is 0.437. The summed E-state index contributed by atoms with van der Waals surface area (Å²) in [5, 5.41) is 9.10. The summed E-state index contributed by atoms with van der Waals surface area (Å²) < 4.78 is 0. The van der Waals surface area contributed by atoms with Gasteiger partial charge in [-0.25, -0.2) is 0 Å². The second kappa shape index (κ2) is 10.9. The standard InChI is InChI=1S/C23H19Cl2N3O2S/c24-17-12-16(13-18(25)14-17)21(29)28-23(31)27-20-9-5-4-8-19(20)22(30)26-11-10-15-6-2-1-3-7-15/h1-9,12-14H,10-11H2,(H,26,30)(H2,27,28,29,31). The average molecular weight is 472 g/mol. The first-order valence-corrected chi connectivity index (χ1v) is 10.6. The highest BCUT2D eigenvalue weighted by molar-refractivity contribution is 7.80. The molecule has 0 spiro atoms. The Morgan fingerprint density at radius 3 is 2.19 bits per heavy atom. The van der Waals surface area contributed by atoms with Gasteiger partial charge in [0.2, 0.25) is 0 Å². The molecule has 3 aromatic carbocycles. The molecular formula is C23H19Cl2N3O2S. The molecule has 0 aliphatic heterocycles. The number of thiocarbonyl (C=S) groups is 1. The van der Waals surface area contributed by atoms with Gasteiger partial charge in [0.25, 0.3) is 11.8 Å². The summed E-state index contributed by atoms with van der Waals surface area (Å²) in [6, 6.07) is 21.3. The molecule has 0 aromatic heterocycles. The molecule has 8 heteroatoms. The molecule has 0 radical (unpaired) electrons. The molecule has 5 nitrogen and oxygen atoms in total. The monoisotopic (exact) mass is 471 g/mol. The Labute approximate surface area is 195 Å². The van der Waals surface area contributed by atoms with Crippen LogP contribution in [0.15, 0.2) is 72.8 Å². The minimum absolute atomic E-state index is 0.0469. The molecule has 0 aliphatic rings. The maximum Gasteiger partial charge on any atom is 0.257 e. The Kier molecular flexibility index (Phi) is 8.00. The number of hydrogen-bond acceptors (Lipinski definition) is 3. The van der Waals surface area contributed by atoms with Crippen LogP contribution < -0.4 is 16.0 Å². The van der Waals surface area contributed by atoms with E-state index in [0.29, 0.717) is 27.8 Å². The number of carbonyl (C=O) groups is 2. The van der Waals surface area contributed by atoms with E-state index in [0.717, 1.165) is 12.0 Å². The van der Waals surface area contributed by atoms with Crippen LogP contribution in [0.5, 0.6) is 0 Å². The van der Waals surface area contributed by atoms with Crippen molar-refractivity contribution in [2.75, 3.05) is 11.9 Å². The summed E-state index contributed by atoms with van der Waals surface area (Å²) in [6.07, 6.45) is 0.721. The third-order valence-corrected chi connectivity index (χ3v) is 4.95. The fourth-order valence-electron chi connectivity index (χ4n) is 2.86. The predicted molar refractivity (Wildman–Crippen MR) is 129 cm³/mol. The third kappa shape index (κ3) is 6.79. The summed E-state index contributed by atoms with van der Waals surface area (Å²) in [4.78, 5) is 25.1. The van der Waals surface area contributed by atoms with Gasteiger partial charge >= 0.3 is 0 Å². The normalized spacial score (nSPS) is 10.3. The van der Waals surface area contributed by atoms with Gasteiger partial charge in [-0.15, -0.1) is 0 Å². The highest BCUT2D eigenvalue weighted by Gasteiger charge is 2.14. The van der Waals surface area contributed by atoms with E-state index in [2.05, 4.69) is 16.0 Å². The van der Waals surface area contributed by atoms with Crippen LogP contribution in [0.25, 0.3) is 0 Å². The van der Waals surface area contributed by atoms with Gasteiger partial charge in [-0.3, -0.25) is 14.9 Å². The van der Waals surface area contributed by atoms with Gasteiger partial charge in [-0.05, 0) is 54.5 Å². The molecule has 3 aromatic rings. The van der Waals surface area contributed by atoms with Crippen LogP contribution in [0.1, 0.15) is 26.3 Å². The van der Waals surface area contributed by atoms with Crippen molar-refractivity contribution >= 4 is 58.0 Å². The smallest absolute Gasteiger partial charge is 0.257 e. The molecule has 3 rings (SSSR count). The Bertz CT molecular complexity index is 1090. The Hall–Kier alpha value is -2.93. The highest BCUT2D eigenvalue weighted by atomic mass is 35.5. The second-order valence-corrected chi connectivity index (χ2v) is 7.88. The van der Waals surface area contributed by atoms with Gasteiger partial charge in [0.05, 0.1) is 11.3 Å². The SMILES string of the molecule is O=C(NC(=S)Nc1ccccc1C(=O)NCCc1ccccc1)c1cc(Cl)cc(Cl)c1. The summed E-state index contributed by atoms with van der Waals surface area (Å²) in [5.74, 6) is -0.707. The first-order valence-electron chi connectivity index (χ1n) is 9.42. The van der Waals surface area contributed by atoms with Crippen molar-refractivity contribution < 1.29 is 9.59 Å². The van der Waals surface area contributed by atoms with Gasteiger partial charge in [0, 0.05) is 22.2 Å². The first-order chi connectivity index (χ1) is 14.9. The van der Waals surface area contributed by atoms with Gasteiger partial charge in [0.15, 0.2) is 5.11 Å². The molecule has 158 valence electrons. The van der Waals surface area contributed by atoms with Crippen LogP contribution >= 0.6 is 35.4 Å². The van der Waals surface area contributed by atoms with Crippen molar-refractivity contribution in [1.29, 1.82) is 0 Å². The lowest BCUT2D eigenvalue weighted by molar-refractivity contribution is 0.0953. The third-order valence-electron chi connectivity index (χ3n) is 4.31. The van der Waals surface area contributed by atoms with Crippen LogP contribution in [0, 0.1) is 0 Å². The topological polar surface area (TPSA) is 70.2 Å². The van der Waals surface area contributed by atoms with E-state index < -0.39 is 5.91 Å². The van der Waals surface area contributed by atoms with Crippen molar-refractivity contribution in [1.82, 2.24) is 10.6 Å². The molecule has 3 N–H and O–H groups in total. The number of anilines is 1. The van der Waals surface area contributed by atoms with Crippen LogP contribution in [-0.2, 0) is 6.42 Å². The number of nitrogens with one attached hydrogen (secondary N) is 3. The maximum absolute atomic E-state index is 12.6. The molecule has 0 heterocycles. The molecule has 0 aliphatic carbocycles. The predicted octanol–water partition coefficient (Wildman–Crippen LogP) is 5.09. The molecule has 31 heavy (non-hydrogen) atoms. The van der Waals surface area contributed by atoms with E-state index in [-0.39, 0.29) is 16.6 Å². The second-order valence-electron chi connectivity index (χ2n) is 6.60. The van der Waals surface area contributed by atoms with Crippen molar-refractivity contribution in [3.05, 3.63) is 99.5 Å². The molecule has 2 amide bonds. The van der Waals surface area contributed by atoms with Gasteiger partial charge < -0.3 is 10.6 Å². The van der Waals surface area contributed by atoms with Gasteiger partial charge in [0.1, 0.15) is 0 Å². The van der Waals surface area contributed by atoms with Crippen LogP contribution in [0.4, 0.5) is 5.69 Å². The van der Waals surface area contributed by atoms with Crippen molar-refractivity contribution in [2.45, 2.75) is 6.42 Å². The Morgan fingerprint density at radius 1 is 0.839 bits per heavy atom.